The maximum Gasteiger partial charge on any atom is 0.333 e. The number of hydrogen-bond donors (Lipinski definition) is 1. The van der Waals surface area contributed by atoms with Crippen molar-refractivity contribution in [1.29, 1.82) is 0 Å². The SMILES string of the molecule is C=C(C)C(=O)OCC(CO)Cc1ccc(C2CCC(CCCCC)CC2)cc1. The van der Waals surface area contributed by atoms with E-state index in [2.05, 4.69) is 37.8 Å². The first-order valence-corrected chi connectivity index (χ1v) is 11.1. The number of aliphatic hydroxyl groups is 1. The van der Waals surface area contributed by atoms with Gasteiger partial charge in [-0.3, -0.25) is 0 Å². The third-order valence-corrected chi connectivity index (χ3v) is 6.09. The van der Waals surface area contributed by atoms with E-state index in [9.17, 15) is 9.90 Å². The summed E-state index contributed by atoms with van der Waals surface area (Å²) in [5.74, 6) is 1.17. The number of ether oxygens (including phenoxy) is 1. The third kappa shape index (κ3) is 7.43. The van der Waals surface area contributed by atoms with Crippen molar-refractivity contribution < 1.29 is 14.6 Å². The molecule has 0 aromatic heterocycles. The van der Waals surface area contributed by atoms with E-state index < -0.39 is 0 Å². The molecular formula is C25H38O3. The predicted molar refractivity (Wildman–Crippen MR) is 115 cm³/mol. The van der Waals surface area contributed by atoms with Gasteiger partial charge in [0.1, 0.15) is 0 Å². The van der Waals surface area contributed by atoms with Crippen molar-refractivity contribution >= 4 is 5.97 Å². The molecule has 1 N–H and O–H groups in total. The molecule has 0 amide bonds. The average Bonchev–Trinajstić information content (AvgIpc) is 2.72. The first-order chi connectivity index (χ1) is 13.5. The van der Waals surface area contributed by atoms with Gasteiger partial charge in [-0.25, -0.2) is 4.79 Å². The Morgan fingerprint density at radius 3 is 2.43 bits per heavy atom. The van der Waals surface area contributed by atoms with Gasteiger partial charge < -0.3 is 9.84 Å². The van der Waals surface area contributed by atoms with Gasteiger partial charge in [-0.1, -0.05) is 63.5 Å². The molecule has 1 atom stereocenters. The van der Waals surface area contributed by atoms with Gasteiger partial charge in [0.05, 0.1) is 6.61 Å². The van der Waals surface area contributed by atoms with Crippen LogP contribution in [0, 0.1) is 11.8 Å². The van der Waals surface area contributed by atoms with E-state index in [1.807, 2.05) is 0 Å². The van der Waals surface area contributed by atoms with Crippen molar-refractivity contribution in [3.05, 3.63) is 47.5 Å². The van der Waals surface area contributed by atoms with Crippen LogP contribution in [0.25, 0.3) is 0 Å². The molecule has 1 aromatic rings. The summed E-state index contributed by atoms with van der Waals surface area (Å²) in [5.41, 5.74) is 3.02. The highest BCUT2D eigenvalue weighted by Gasteiger charge is 2.22. The number of hydrogen-bond acceptors (Lipinski definition) is 3. The summed E-state index contributed by atoms with van der Waals surface area (Å²) in [4.78, 5) is 11.5. The van der Waals surface area contributed by atoms with Gasteiger partial charge in [0.2, 0.25) is 0 Å². The Balaban J connectivity index is 1.79. The van der Waals surface area contributed by atoms with E-state index in [-0.39, 0.29) is 25.1 Å². The first-order valence-electron chi connectivity index (χ1n) is 11.1. The summed E-state index contributed by atoms with van der Waals surface area (Å²) >= 11 is 0. The fourth-order valence-corrected chi connectivity index (χ4v) is 4.22. The Labute approximate surface area is 171 Å². The number of rotatable bonds is 11. The van der Waals surface area contributed by atoms with Crippen LogP contribution in [0.1, 0.15) is 82.3 Å². The monoisotopic (exact) mass is 386 g/mol. The van der Waals surface area contributed by atoms with Crippen molar-refractivity contribution in [2.75, 3.05) is 13.2 Å². The van der Waals surface area contributed by atoms with Crippen LogP contribution in [-0.4, -0.2) is 24.3 Å². The molecule has 0 aliphatic heterocycles. The van der Waals surface area contributed by atoms with Gasteiger partial charge in [0.25, 0.3) is 0 Å². The smallest absolute Gasteiger partial charge is 0.333 e. The fraction of sp³-hybridized carbons (Fsp3) is 0.640. The van der Waals surface area contributed by atoms with Gasteiger partial charge in [-0.05, 0) is 62.0 Å². The summed E-state index contributed by atoms with van der Waals surface area (Å²) < 4.78 is 5.19. The minimum absolute atomic E-state index is 0.00721. The van der Waals surface area contributed by atoms with Gasteiger partial charge in [-0.2, -0.15) is 0 Å². The van der Waals surface area contributed by atoms with Gasteiger partial charge in [-0.15, -0.1) is 0 Å². The lowest BCUT2D eigenvalue weighted by atomic mass is 9.77. The summed E-state index contributed by atoms with van der Waals surface area (Å²) in [7, 11) is 0. The Kier molecular flexibility index (Phi) is 9.77. The molecule has 2 rings (SSSR count). The van der Waals surface area contributed by atoms with Crippen LogP contribution in [-0.2, 0) is 16.0 Å². The summed E-state index contributed by atoms with van der Waals surface area (Å²) in [6, 6.07) is 8.86. The van der Waals surface area contributed by atoms with E-state index in [1.54, 1.807) is 6.92 Å². The standard InChI is InChI=1S/C25H38O3/c1-4-5-6-7-20-8-12-23(13-9-20)24-14-10-21(11-15-24)16-22(17-26)18-28-25(27)19(2)3/h10-11,14-15,20,22-23,26H,2,4-9,12-13,16-18H2,1,3H3. The molecule has 156 valence electrons. The van der Waals surface area contributed by atoms with Crippen molar-refractivity contribution in [1.82, 2.24) is 0 Å². The van der Waals surface area contributed by atoms with E-state index in [0.29, 0.717) is 17.9 Å². The molecule has 3 heteroatoms. The molecule has 1 aromatic carbocycles. The van der Waals surface area contributed by atoms with Crippen LogP contribution >= 0.6 is 0 Å². The largest absolute Gasteiger partial charge is 0.462 e. The van der Waals surface area contributed by atoms with Crippen LogP contribution in [0.3, 0.4) is 0 Å². The lowest BCUT2D eigenvalue weighted by molar-refractivity contribution is -0.140. The van der Waals surface area contributed by atoms with Crippen molar-refractivity contribution in [3.8, 4) is 0 Å². The number of esters is 1. The Hall–Kier alpha value is -1.61. The van der Waals surface area contributed by atoms with E-state index in [1.165, 1.54) is 62.5 Å². The highest BCUT2D eigenvalue weighted by Crippen LogP contribution is 2.37. The highest BCUT2D eigenvalue weighted by molar-refractivity contribution is 5.86. The molecule has 1 saturated carbocycles. The molecule has 0 saturated heterocycles. The van der Waals surface area contributed by atoms with E-state index in [4.69, 9.17) is 4.74 Å². The van der Waals surface area contributed by atoms with Crippen LogP contribution in [0.2, 0.25) is 0 Å². The van der Waals surface area contributed by atoms with Crippen molar-refractivity contribution in [2.24, 2.45) is 11.8 Å². The van der Waals surface area contributed by atoms with Crippen LogP contribution in [0.15, 0.2) is 36.4 Å². The zero-order chi connectivity index (χ0) is 20.4. The molecule has 1 aliphatic rings. The number of carbonyl (C=O) groups is 1. The Morgan fingerprint density at radius 1 is 1.18 bits per heavy atom. The zero-order valence-electron chi connectivity index (χ0n) is 17.8. The molecule has 1 unspecified atom stereocenters. The molecule has 3 nitrogen and oxygen atoms in total. The number of benzene rings is 1. The molecule has 0 spiro atoms. The van der Waals surface area contributed by atoms with Gasteiger partial charge >= 0.3 is 5.97 Å². The number of unbranched alkanes of at least 4 members (excludes halogenated alkanes) is 2. The van der Waals surface area contributed by atoms with E-state index >= 15 is 0 Å². The predicted octanol–water partition coefficient (Wildman–Crippen LogP) is 5.81. The molecule has 0 heterocycles. The molecule has 1 fully saturated rings. The molecule has 1 aliphatic carbocycles. The van der Waals surface area contributed by atoms with Crippen LogP contribution in [0.4, 0.5) is 0 Å². The summed E-state index contributed by atoms with van der Waals surface area (Å²) in [6.45, 7) is 7.73. The lowest BCUT2D eigenvalue weighted by Gasteiger charge is -2.29. The normalized spacial score (nSPS) is 20.5. The minimum atomic E-state index is -0.390. The van der Waals surface area contributed by atoms with Crippen molar-refractivity contribution in [3.63, 3.8) is 0 Å². The second kappa shape index (κ2) is 12.1. The van der Waals surface area contributed by atoms with Crippen molar-refractivity contribution in [2.45, 2.75) is 77.6 Å². The maximum absolute atomic E-state index is 11.5. The highest BCUT2D eigenvalue weighted by atomic mass is 16.5. The van der Waals surface area contributed by atoms with Crippen LogP contribution in [0.5, 0.6) is 0 Å². The second-order valence-corrected chi connectivity index (χ2v) is 8.59. The van der Waals surface area contributed by atoms with Gasteiger partial charge in [0.15, 0.2) is 0 Å². The summed E-state index contributed by atoms with van der Waals surface area (Å²) in [6.07, 6.45) is 11.6. The minimum Gasteiger partial charge on any atom is -0.462 e. The zero-order valence-corrected chi connectivity index (χ0v) is 17.8. The topological polar surface area (TPSA) is 46.5 Å². The van der Waals surface area contributed by atoms with E-state index in [0.717, 1.165) is 5.92 Å². The molecular weight excluding hydrogens is 348 g/mol. The number of carbonyl (C=O) groups excluding carboxylic acids is 1. The van der Waals surface area contributed by atoms with Crippen LogP contribution < -0.4 is 0 Å². The quantitative estimate of drug-likeness (QED) is 0.296. The molecule has 28 heavy (non-hydrogen) atoms. The number of aliphatic hydroxyl groups excluding tert-OH is 1. The van der Waals surface area contributed by atoms with Gasteiger partial charge in [0, 0.05) is 18.1 Å². The first kappa shape index (κ1) is 22.7. The molecule has 0 radical (unpaired) electrons. The lowest BCUT2D eigenvalue weighted by Crippen LogP contribution is -2.19. The Bertz CT molecular complexity index is 597. The fourth-order valence-electron chi connectivity index (χ4n) is 4.22. The maximum atomic E-state index is 11.5. The molecule has 0 bridgehead atoms. The average molecular weight is 387 g/mol. The Morgan fingerprint density at radius 2 is 1.86 bits per heavy atom. The third-order valence-electron chi connectivity index (χ3n) is 6.09. The second-order valence-electron chi connectivity index (χ2n) is 8.59. The summed E-state index contributed by atoms with van der Waals surface area (Å²) in [5, 5.41) is 9.59.